The third-order valence-corrected chi connectivity index (χ3v) is 6.95. The van der Waals surface area contributed by atoms with Crippen LogP contribution in [0.15, 0.2) is 35.5 Å². The van der Waals surface area contributed by atoms with Crippen LogP contribution in [0.2, 0.25) is 0 Å². The fourth-order valence-electron chi connectivity index (χ4n) is 3.99. The molecule has 30 heavy (non-hydrogen) atoms. The largest absolute Gasteiger partial charge is 0.344 e. The second-order valence-corrected chi connectivity index (χ2v) is 9.37. The van der Waals surface area contributed by atoms with E-state index in [4.69, 9.17) is 0 Å². The Labute approximate surface area is 179 Å². The van der Waals surface area contributed by atoms with E-state index < -0.39 is 0 Å². The fourth-order valence-corrected chi connectivity index (χ4v) is 4.89. The summed E-state index contributed by atoms with van der Waals surface area (Å²) in [6.45, 7) is 4.61. The zero-order chi connectivity index (χ0) is 20.8. The summed E-state index contributed by atoms with van der Waals surface area (Å²) in [5.41, 5.74) is 3.74. The van der Waals surface area contributed by atoms with Crippen LogP contribution in [0.3, 0.4) is 0 Å². The molecule has 2 aliphatic carbocycles. The number of nitrogens with zero attached hydrogens (tertiary/aromatic N) is 4. The van der Waals surface area contributed by atoms with Crippen molar-refractivity contribution < 1.29 is 9.18 Å². The Kier molecular flexibility index (Phi) is 5.01. The number of hydrogen-bond acceptors (Lipinski definition) is 4. The maximum atomic E-state index is 13.2. The molecule has 2 saturated carbocycles. The van der Waals surface area contributed by atoms with Crippen molar-refractivity contribution >= 4 is 17.5 Å². The van der Waals surface area contributed by atoms with Gasteiger partial charge in [-0.2, -0.15) is 0 Å². The zero-order valence-corrected chi connectivity index (χ0v) is 18.1. The number of benzene rings is 1. The number of aromatic nitrogens is 4. The van der Waals surface area contributed by atoms with Gasteiger partial charge >= 0.3 is 0 Å². The first-order valence-electron chi connectivity index (χ1n) is 10.5. The molecule has 1 aromatic carbocycles. The zero-order valence-electron chi connectivity index (χ0n) is 17.3. The number of thioether (sulfide) groups is 1. The second kappa shape index (κ2) is 7.69. The summed E-state index contributed by atoms with van der Waals surface area (Å²) in [5.74, 6) is 1.91. The molecule has 5 nitrogen and oxygen atoms in total. The molecule has 0 spiro atoms. The Bertz CT molecular complexity index is 1090. The lowest BCUT2D eigenvalue weighted by Gasteiger charge is -2.10. The van der Waals surface area contributed by atoms with Crippen LogP contribution < -0.4 is 0 Å². The number of hydrogen-bond donors (Lipinski definition) is 0. The van der Waals surface area contributed by atoms with Crippen molar-refractivity contribution in [1.82, 2.24) is 19.3 Å². The van der Waals surface area contributed by atoms with Crippen LogP contribution in [-0.4, -0.2) is 30.9 Å². The molecule has 2 aromatic heterocycles. The molecule has 0 unspecified atom stereocenters. The third kappa shape index (κ3) is 3.83. The molecule has 0 bridgehead atoms. The van der Waals surface area contributed by atoms with Gasteiger partial charge in [0.25, 0.3) is 0 Å². The summed E-state index contributed by atoms with van der Waals surface area (Å²) in [5, 5.41) is 9.71. The van der Waals surface area contributed by atoms with E-state index in [1.54, 1.807) is 12.1 Å². The van der Waals surface area contributed by atoms with E-state index in [0.29, 0.717) is 24.3 Å². The average molecular weight is 425 g/mol. The van der Waals surface area contributed by atoms with Gasteiger partial charge in [0.15, 0.2) is 10.9 Å². The summed E-state index contributed by atoms with van der Waals surface area (Å²) < 4.78 is 17.6. The van der Waals surface area contributed by atoms with E-state index in [2.05, 4.69) is 19.3 Å². The van der Waals surface area contributed by atoms with Crippen molar-refractivity contribution in [2.75, 3.05) is 5.75 Å². The molecule has 2 heterocycles. The Morgan fingerprint density at radius 3 is 2.53 bits per heavy atom. The number of ketones is 1. The SMILES string of the molecule is Cc1cc(C(=O)CSc2nnc(C3CC3)n2C2CC2)c(C)n1Cc1ccc(F)cc1. The van der Waals surface area contributed by atoms with Crippen molar-refractivity contribution in [1.29, 1.82) is 0 Å². The first-order valence-corrected chi connectivity index (χ1v) is 11.5. The third-order valence-electron chi connectivity index (χ3n) is 6.01. The van der Waals surface area contributed by atoms with Gasteiger partial charge in [0.2, 0.25) is 0 Å². The molecule has 5 rings (SSSR count). The van der Waals surface area contributed by atoms with Gasteiger partial charge in [0.05, 0.1) is 5.75 Å². The highest BCUT2D eigenvalue weighted by molar-refractivity contribution is 7.99. The highest BCUT2D eigenvalue weighted by atomic mass is 32.2. The fraction of sp³-hybridized carbons (Fsp3) is 0.435. The molecular formula is C23H25FN4OS. The van der Waals surface area contributed by atoms with E-state index in [0.717, 1.165) is 33.5 Å². The van der Waals surface area contributed by atoms with Crippen molar-refractivity contribution in [3.05, 3.63) is 64.5 Å². The number of rotatable bonds is 8. The molecule has 156 valence electrons. The average Bonchev–Trinajstić information content (AvgIpc) is 3.67. The highest BCUT2D eigenvalue weighted by Crippen LogP contribution is 2.46. The quantitative estimate of drug-likeness (QED) is 0.374. The van der Waals surface area contributed by atoms with Gasteiger partial charge in [-0.25, -0.2) is 4.39 Å². The van der Waals surface area contributed by atoms with Gasteiger partial charge in [-0.1, -0.05) is 23.9 Å². The van der Waals surface area contributed by atoms with Crippen molar-refractivity contribution in [3.8, 4) is 0 Å². The van der Waals surface area contributed by atoms with Crippen molar-refractivity contribution in [3.63, 3.8) is 0 Å². The Morgan fingerprint density at radius 2 is 1.87 bits per heavy atom. The Hall–Kier alpha value is -2.41. The normalized spacial score (nSPS) is 16.2. The van der Waals surface area contributed by atoms with E-state index >= 15 is 0 Å². The minimum atomic E-state index is -0.239. The number of carbonyl (C=O) groups excluding carboxylic acids is 1. The lowest BCUT2D eigenvalue weighted by molar-refractivity contribution is 0.102. The lowest BCUT2D eigenvalue weighted by atomic mass is 10.2. The highest BCUT2D eigenvalue weighted by Gasteiger charge is 2.36. The number of aryl methyl sites for hydroxylation is 1. The number of Topliss-reactive ketones (excluding diaryl/α,β-unsaturated/α-hetero) is 1. The van der Waals surface area contributed by atoms with Crippen LogP contribution in [0.1, 0.15) is 70.8 Å². The molecule has 3 aromatic rings. The van der Waals surface area contributed by atoms with E-state index in [1.165, 1.54) is 49.6 Å². The molecule has 2 fully saturated rings. The maximum absolute atomic E-state index is 13.2. The molecule has 0 aliphatic heterocycles. The summed E-state index contributed by atoms with van der Waals surface area (Å²) in [7, 11) is 0. The molecule has 7 heteroatoms. The predicted octanol–water partition coefficient (Wildman–Crippen LogP) is 5.07. The van der Waals surface area contributed by atoms with Crippen LogP contribution in [0.5, 0.6) is 0 Å². The van der Waals surface area contributed by atoms with Gasteiger partial charge in [-0.3, -0.25) is 4.79 Å². The van der Waals surface area contributed by atoms with Gasteiger partial charge in [0, 0.05) is 35.5 Å². The first-order chi connectivity index (χ1) is 14.5. The van der Waals surface area contributed by atoms with E-state index in [-0.39, 0.29) is 11.6 Å². The summed E-state index contributed by atoms with van der Waals surface area (Å²) >= 11 is 1.50. The van der Waals surface area contributed by atoms with Gasteiger partial charge < -0.3 is 9.13 Å². The second-order valence-electron chi connectivity index (χ2n) is 8.43. The lowest BCUT2D eigenvalue weighted by Crippen LogP contribution is -2.08. The topological polar surface area (TPSA) is 52.7 Å². The molecule has 2 aliphatic rings. The molecular weight excluding hydrogens is 399 g/mol. The van der Waals surface area contributed by atoms with Crippen LogP contribution in [-0.2, 0) is 6.54 Å². The van der Waals surface area contributed by atoms with Crippen LogP contribution in [0.4, 0.5) is 4.39 Å². The molecule has 0 saturated heterocycles. The minimum absolute atomic E-state index is 0.108. The Morgan fingerprint density at radius 1 is 1.13 bits per heavy atom. The van der Waals surface area contributed by atoms with Crippen molar-refractivity contribution in [2.24, 2.45) is 0 Å². The van der Waals surface area contributed by atoms with Gasteiger partial charge in [-0.15, -0.1) is 10.2 Å². The van der Waals surface area contributed by atoms with Crippen LogP contribution in [0, 0.1) is 19.7 Å². The summed E-state index contributed by atoms with van der Waals surface area (Å²) in [6, 6.07) is 9.00. The summed E-state index contributed by atoms with van der Waals surface area (Å²) in [6.07, 6.45) is 4.77. The standard InChI is InChI=1S/C23H25FN4OS/c1-14-11-20(15(2)27(14)12-16-3-7-18(24)8-4-16)21(29)13-30-23-26-25-22(17-5-6-17)28(23)19-9-10-19/h3-4,7-8,11,17,19H,5-6,9-10,12-13H2,1-2H3. The smallest absolute Gasteiger partial charge is 0.191 e. The number of halogens is 1. The molecule has 0 atom stereocenters. The molecule has 0 amide bonds. The van der Waals surface area contributed by atoms with Crippen LogP contribution in [0.25, 0.3) is 0 Å². The van der Waals surface area contributed by atoms with Gasteiger partial charge in [0.1, 0.15) is 11.6 Å². The Balaban J connectivity index is 1.30. The van der Waals surface area contributed by atoms with Crippen LogP contribution >= 0.6 is 11.8 Å². The first kappa shape index (κ1) is 19.5. The monoisotopic (exact) mass is 424 g/mol. The molecule has 0 radical (unpaired) electrons. The minimum Gasteiger partial charge on any atom is -0.344 e. The molecule has 0 N–H and O–H groups in total. The summed E-state index contributed by atoms with van der Waals surface area (Å²) in [4.78, 5) is 13.0. The maximum Gasteiger partial charge on any atom is 0.191 e. The number of carbonyl (C=O) groups is 1. The predicted molar refractivity (Wildman–Crippen MR) is 115 cm³/mol. The van der Waals surface area contributed by atoms with E-state index in [1.807, 2.05) is 19.9 Å². The van der Waals surface area contributed by atoms with Gasteiger partial charge in [-0.05, 0) is 63.3 Å². The van der Waals surface area contributed by atoms with E-state index in [9.17, 15) is 9.18 Å². The van der Waals surface area contributed by atoms with Crippen molar-refractivity contribution in [2.45, 2.75) is 63.2 Å².